The molecule has 7 rings (SSSR count). The minimum atomic E-state index is -0.379. The predicted octanol–water partition coefficient (Wildman–Crippen LogP) is 5.65. The second-order valence-corrected chi connectivity index (χ2v) is 10.7. The van der Waals surface area contributed by atoms with E-state index in [9.17, 15) is 9.59 Å². The number of nitrogens with zero attached hydrogens (tertiary/aromatic N) is 1. The summed E-state index contributed by atoms with van der Waals surface area (Å²) in [6, 6.07) is 15.7. The van der Waals surface area contributed by atoms with Crippen LogP contribution in [0.25, 0.3) is 6.08 Å². The van der Waals surface area contributed by atoms with Crippen molar-refractivity contribution in [3.8, 4) is 5.75 Å². The molecule has 0 radical (unpaired) electrons. The van der Waals surface area contributed by atoms with Gasteiger partial charge in [-0.25, -0.2) is 4.79 Å². The molecule has 1 N–H and O–H groups in total. The summed E-state index contributed by atoms with van der Waals surface area (Å²) in [4.78, 5) is 27.0. The molecule has 1 aliphatic heterocycles. The first-order chi connectivity index (χ1) is 16.5. The summed E-state index contributed by atoms with van der Waals surface area (Å²) >= 11 is 0. The lowest BCUT2D eigenvalue weighted by Crippen LogP contribution is -2.48. The van der Waals surface area contributed by atoms with Crippen molar-refractivity contribution in [2.24, 2.45) is 17.8 Å². The molecule has 1 heterocycles. The summed E-state index contributed by atoms with van der Waals surface area (Å²) in [5.41, 5.74) is 3.74. The highest BCUT2D eigenvalue weighted by molar-refractivity contribution is 6.14. The Kier molecular flexibility index (Phi) is 5.23. The van der Waals surface area contributed by atoms with Gasteiger partial charge in [-0.05, 0) is 98.0 Å². The van der Waals surface area contributed by atoms with Crippen molar-refractivity contribution < 1.29 is 14.3 Å². The fourth-order valence-corrected chi connectivity index (χ4v) is 7.38. The average molecular weight is 457 g/mol. The maximum Gasteiger partial charge on any atom is 0.329 e. The van der Waals surface area contributed by atoms with E-state index in [1.807, 2.05) is 37.3 Å². The van der Waals surface area contributed by atoms with Crippen molar-refractivity contribution >= 4 is 18.0 Å². The maximum absolute atomic E-state index is 13.1. The molecule has 5 heteroatoms. The molecule has 1 saturated heterocycles. The fourth-order valence-electron chi connectivity index (χ4n) is 7.38. The third kappa shape index (κ3) is 3.71. The molecule has 4 bridgehead atoms. The van der Waals surface area contributed by atoms with Crippen molar-refractivity contribution in [3.05, 3.63) is 70.9 Å². The number of carbonyl (C=O) groups is 2. The first-order valence-corrected chi connectivity index (χ1v) is 12.7. The number of amides is 3. The molecule has 5 fully saturated rings. The molecule has 3 amide bonds. The van der Waals surface area contributed by atoms with Crippen LogP contribution in [-0.2, 0) is 16.8 Å². The van der Waals surface area contributed by atoms with Gasteiger partial charge in [0.1, 0.15) is 11.4 Å². The largest absolute Gasteiger partial charge is 0.493 e. The van der Waals surface area contributed by atoms with E-state index in [4.69, 9.17) is 4.74 Å². The van der Waals surface area contributed by atoms with Crippen LogP contribution in [0.1, 0.15) is 62.1 Å². The lowest BCUT2D eigenvalue weighted by Gasteiger charge is -2.57. The van der Waals surface area contributed by atoms with Gasteiger partial charge in [-0.2, -0.15) is 0 Å². The first kappa shape index (κ1) is 21.5. The van der Waals surface area contributed by atoms with Gasteiger partial charge >= 0.3 is 6.03 Å². The van der Waals surface area contributed by atoms with Gasteiger partial charge in [-0.15, -0.1) is 0 Å². The number of benzene rings is 2. The number of ether oxygens (including phenoxy) is 1. The smallest absolute Gasteiger partial charge is 0.329 e. The fraction of sp³-hybridized carbons (Fsp3) is 0.448. The van der Waals surface area contributed by atoms with Crippen molar-refractivity contribution in [2.75, 3.05) is 6.61 Å². The second kappa shape index (κ2) is 8.30. The number of hydrogen-bond acceptors (Lipinski definition) is 3. The van der Waals surface area contributed by atoms with Crippen LogP contribution in [0.3, 0.4) is 0 Å². The van der Waals surface area contributed by atoms with Crippen LogP contribution in [0.4, 0.5) is 4.79 Å². The first-order valence-electron chi connectivity index (χ1n) is 12.7. The highest BCUT2D eigenvalue weighted by Gasteiger charge is 2.51. The van der Waals surface area contributed by atoms with Crippen LogP contribution in [0.15, 0.2) is 54.2 Å². The summed E-state index contributed by atoms with van der Waals surface area (Å²) in [5, 5.41) is 2.79. The van der Waals surface area contributed by atoms with Crippen molar-refractivity contribution in [1.82, 2.24) is 10.2 Å². The number of urea groups is 1. The number of hydrogen-bond donors (Lipinski definition) is 1. The molecule has 2 aromatic rings. The quantitative estimate of drug-likeness (QED) is 0.452. The molecule has 5 aliphatic rings. The Balaban J connectivity index is 1.32. The second-order valence-electron chi connectivity index (χ2n) is 10.7. The van der Waals surface area contributed by atoms with E-state index in [-0.39, 0.29) is 23.9 Å². The van der Waals surface area contributed by atoms with Crippen LogP contribution in [0.5, 0.6) is 5.75 Å². The predicted molar refractivity (Wildman–Crippen MR) is 131 cm³/mol. The minimum Gasteiger partial charge on any atom is -0.493 e. The Hall–Kier alpha value is -3.08. The molecule has 176 valence electrons. The van der Waals surface area contributed by atoms with Crippen LogP contribution in [-0.4, -0.2) is 23.4 Å². The van der Waals surface area contributed by atoms with Crippen LogP contribution < -0.4 is 10.1 Å². The lowest BCUT2D eigenvalue weighted by atomic mass is 9.48. The van der Waals surface area contributed by atoms with E-state index >= 15 is 0 Å². The normalized spacial score (nSPS) is 30.8. The van der Waals surface area contributed by atoms with E-state index in [2.05, 4.69) is 23.5 Å². The molecule has 2 aromatic carbocycles. The zero-order valence-electron chi connectivity index (χ0n) is 19.8. The standard InChI is InChI=1S/C29H32N2O3/c1-2-34-26-9-8-24(29-15-20-10-21(16-29)12-22(11-20)17-29)13-23(26)14-25-27(32)31(28(33)30-25)18-19-6-4-3-5-7-19/h3-9,13-14,20-22H,2,10-12,15-18H2,1H3,(H,30,33)/b25-14+. The number of nitrogens with one attached hydrogen (secondary N) is 1. The van der Waals surface area contributed by atoms with Crippen molar-refractivity contribution in [2.45, 2.75) is 57.4 Å². The molecule has 0 unspecified atom stereocenters. The maximum atomic E-state index is 13.1. The Labute approximate surface area is 201 Å². The van der Waals surface area contributed by atoms with Gasteiger partial charge in [0.15, 0.2) is 0 Å². The third-order valence-electron chi connectivity index (χ3n) is 8.41. The molecular weight excluding hydrogens is 424 g/mol. The van der Waals surface area contributed by atoms with Gasteiger partial charge in [-0.1, -0.05) is 36.4 Å². The SMILES string of the molecule is CCOc1ccc(C23CC4CC(CC(C4)C2)C3)cc1/C=C1/NC(=O)N(Cc2ccccc2)C1=O. The lowest BCUT2D eigenvalue weighted by molar-refractivity contribution is -0.123. The molecule has 0 aromatic heterocycles. The number of rotatable bonds is 6. The monoisotopic (exact) mass is 456 g/mol. The summed E-state index contributed by atoms with van der Waals surface area (Å²) < 4.78 is 5.92. The summed E-state index contributed by atoms with van der Waals surface area (Å²) in [7, 11) is 0. The third-order valence-corrected chi connectivity index (χ3v) is 8.41. The topological polar surface area (TPSA) is 58.6 Å². The Morgan fingerprint density at radius 3 is 2.32 bits per heavy atom. The van der Waals surface area contributed by atoms with Crippen molar-refractivity contribution in [1.29, 1.82) is 0 Å². The van der Waals surface area contributed by atoms with E-state index in [0.29, 0.717) is 12.3 Å². The van der Waals surface area contributed by atoms with Crippen LogP contribution in [0.2, 0.25) is 0 Å². The van der Waals surface area contributed by atoms with Gasteiger partial charge in [0.05, 0.1) is 13.2 Å². The van der Waals surface area contributed by atoms with E-state index in [0.717, 1.165) is 34.6 Å². The highest BCUT2D eigenvalue weighted by atomic mass is 16.5. The molecule has 0 spiro atoms. The zero-order chi connectivity index (χ0) is 23.3. The Bertz CT molecular complexity index is 1120. The average Bonchev–Trinajstić information content (AvgIpc) is 3.07. The van der Waals surface area contributed by atoms with Crippen molar-refractivity contribution in [3.63, 3.8) is 0 Å². The van der Waals surface area contributed by atoms with E-state index in [1.54, 1.807) is 6.08 Å². The zero-order valence-corrected chi connectivity index (χ0v) is 19.8. The Morgan fingerprint density at radius 2 is 1.68 bits per heavy atom. The van der Waals surface area contributed by atoms with Gasteiger partial charge < -0.3 is 10.1 Å². The van der Waals surface area contributed by atoms with Gasteiger partial charge in [0.2, 0.25) is 0 Å². The van der Waals surface area contributed by atoms with E-state index < -0.39 is 0 Å². The van der Waals surface area contributed by atoms with Crippen LogP contribution in [0, 0.1) is 17.8 Å². The highest BCUT2D eigenvalue weighted by Crippen LogP contribution is 2.60. The van der Waals surface area contributed by atoms with Crippen LogP contribution >= 0.6 is 0 Å². The molecule has 4 saturated carbocycles. The molecule has 5 nitrogen and oxygen atoms in total. The molecule has 4 aliphatic carbocycles. The minimum absolute atomic E-state index is 0.258. The van der Waals surface area contributed by atoms with Gasteiger partial charge in [0, 0.05) is 5.56 Å². The molecule has 34 heavy (non-hydrogen) atoms. The van der Waals surface area contributed by atoms with E-state index in [1.165, 1.54) is 49.0 Å². The number of imide groups is 1. The summed E-state index contributed by atoms with van der Waals surface area (Å²) in [5.74, 6) is 3.05. The number of carbonyl (C=O) groups excluding carboxylic acids is 2. The summed E-state index contributed by atoms with van der Waals surface area (Å²) in [6.45, 7) is 2.77. The van der Waals surface area contributed by atoms with Gasteiger partial charge in [-0.3, -0.25) is 9.69 Å². The van der Waals surface area contributed by atoms with Gasteiger partial charge in [0.25, 0.3) is 5.91 Å². The molecular formula is C29H32N2O3. The Morgan fingerprint density at radius 1 is 1.00 bits per heavy atom. The summed E-state index contributed by atoms with van der Waals surface area (Å²) in [6.07, 6.45) is 9.87. The molecule has 0 atom stereocenters.